The highest BCUT2D eigenvalue weighted by atomic mass is 16.1. The van der Waals surface area contributed by atoms with Gasteiger partial charge in [-0.1, -0.05) is 27.7 Å². The summed E-state index contributed by atoms with van der Waals surface area (Å²) in [7, 11) is 0. The van der Waals surface area contributed by atoms with Crippen molar-refractivity contribution in [3.8, 4) is 0 Å². The number of ketones is 3. The van der Waals surface area contributed by atoms with Gasteiger partial charge in [-0.25, -0.2) is 0 Å². The number of Topliss-reactive ketones (excluding diaryl/α,β-unsaturated/α-hetero) is 2. The van der Waals surface area contributed by atoms with E-state index in [2.05, 4.69) is 0 Å². The SMILES string of the molecule is CCC(=O)/C=C(\N)CC.CCC(=O)CC(=O)CC. The van der Waals surface area contributed by atoms with Gasteiger partial charge in [0.25, 0.3) is 0 Å². The van der Waals surface area contributed by atoms with Crippen LogP contribution in [0.25, 0.3) is 0 Å². The van der Waals surface area contributed by atoms with Crippen molar-refractivity contribution < 1.29 is 14.4 Å². The number of carbonyl (C=O) groups excluding carboxylic acids is 3. The molecule has 0 aromatic carbocycles. The molecule has 104 valence electrons. The second-order valence-corrected chi connectivity index (χ2v) is 3.85. The summed E-state index contributed by atoms with van der Waals surface area (Å²) in [6, 6.07) is 0. The van der Waals surface area contributed by atoms with Crippen LogP contribution in [0.3, 0.4) is 0 Å². The van der Waals surface area contributed by atoms with Crippen molar-refractivity contribution in [1.82, 2.24) is 0 Å². The van der Waals surface area contributed by atoms with Gasteiger partial charge in [-0.3, -0.25) is 14.4 Å². The molecule has 0 amide bonds. The Morgan fingerprint density at radius 3 is 1.56 bits per heavy atom. The standard InChI is InChI=1S/C7H13NO.C7H12O2/c2*1-3-6(8)5-7(9)4-2/h5H,3-4,8H2,1-2H3;3-5H2,1-2H3/b6-5-;. The highest BCUT2D eigenvalue weighted by Crippen LogP contribution is 1.93. The fourth-order valence-corrected chi connectivity index (χ4v) is 0.881. The van der Waals surface area contributed by atoms with Crippen molar-refractivity contribution in [2.45, 2.75) is 59.8 Å². The predicted molar refractivity (Wildman–Crippen MR) is 73.1 cm³/mol. The van der Waals surface area contributed by atoms with E-state index < -0.39 is 0 Å². The van der Waals surface area contributed by atoms with Crippen LogP contribution in [0.2, 0.25) is 0 Å². The van der Waals surface area contributed by atoms with E-state index in [1.165, 1.54) is 6.08 Å². The van der Waals surface area contributed by atoms with E-state index in [-0.39, 0.29) is 23.8 Å². The second-order valence-electron chi connectivity index (χ2n) is 3.85. The third-order valence-corrected chi connectivity index (χ3v) is 2.29. The summed E-state index contributed by atoms with van der Waals surface area (Å²) in [6.07, 6.45) is 3.89. The maximum absolute atomic E-state index is 10.6. The zero-order valence-corrected chi connectivity index (χ0v) is 11.9. The molecule has 0 aromatic rings. The summed E-state index contributed by atoms with van der Waals surface area (Å²) in [6.45, 7) is 7.28. The molecule has 0 atom stereocenters. The van der Waals surface area contributed by atoms with Gasteiger partial charge >= 0.3 is 0 Å². The van der Waals surface area contributed by atoms with E-state index in [9.17, 15) is 14.4 Å². The minimum Gasteiger partial charge on any atom is -0.402 e. The molecule has 0 aliphatic carbocycles. The summed E-state index contributed by atoms with van der Waals surface area (Å²) in [5.41, 5.74) is 6.06. The van der Waals surface area contributed by atoms with Gasteiger partial charge in [-0.2, -0.15) is 0 Å². The Morgan fingerprint density at radius 1 is 0.833 bits per heavy atom. The van der Waals surface area contributed by atoms with Crippen LogP contribution in [0.5, 0.6) is 0 Å². The van der Waals surface area contributed by atoms with Crippen LogP contribution in [-0.2, 0) is 14.4 Å². The molecule has 0 spiro atoms. The summed E-state index contributed by atoms with van der Waals surface area (Å²) < 4.78 is 0. The van der Waals surface area contributed by atoms with Crippen LogP contribution >= 0.6 is 0 Å². The van der Waals surface area contributed by atoms with E-state index in [4.69, 9.17) is 5.73 Å². The molecule has 0 aliphatic heterocycles. The van der Waals surface area contributed by atoms with Crippen molar-refractivity contribution in [2.75, 3.05) is 0 Å². The first kappa shape index (κ1) is 18.9. The lowest BCUT2D eigenvalue weighted by Gasteiger charge is -1.91. The van der Waals surface area contributed by atoms with Gasteiger partial charge < -0.3 is 5.73 Å². The number of hydrogen-bond donors (Lipinski definition) is 1. The van der Waals surface area contributed by atoms with Gasteiger partial charge in [0, 0.05) is 25.0 Å². The molecule has 4 heteroatoms. The first-order chi connectivity index (χ1) is 8.40. The third kappa shape index (κ3) is 12.6. The van der Waals surface area contributed by atoms with Gasteiger partial charge in [-0.05, 0) is 12.5 Å². The van der Waals surface area contributed by atoms with E-state index in [1.807, 2.05) is 13.8 Å². The van der Waals surface area contributed by atoms with E-state index in [1.54, 1.807) is 13.8 Å². The number of carbonyl (C=O) groups is 3. The first-order valence-corrected chi connectivity index (χ1v) is 6.43. The summed E-state index contributed by atoms with van der Waals surface area (Å²) in [5, 5.41) is 0. The van der Waals surface area contributed by atoms with Gasteiger partial charge in [0.05, 0.1) is 6.42 Å². The van der Waals surface area contributed by atoms with Crippen LogP contribution in [0.4, 0.5) is 0 Å². The topological polar surface area (TPSA) is 77.2 Å². The minimum absolute atomic E-state index is 0.0434. The van der Waals surface area contributed by atoms with Crippen molar-refractivity contribution >= 4 is 17.3 Å². The van der Waals surface area contributed by atoms with Crippen LogP contribution in [-0.4, -0.2) is 17.3 Å². The zero-order chi connectivity index (χ0) is 14.6. The van der Waals surface area contributed by atoms with Crippen LogP contribution < -0.4 is 5.73 Å². The normalized spacial score (nSPS) is 10.3. The van der Waals surface area contributed by atoms with Crippen LogP contribution in [0, 0.1) is 0 Å². The van der Waals surface area contributed by atoms with Gasteiger partial charge in [-0.15, -0.1) is 0 Å². The smallest absolute Gasteiger partial charge is 0.157 e. The molecule has 0 radical (unpaired) electrons. The number of nitrogens with two attached hydrogens (primary N) is 1. The van der Waals surface area contributed by atoms with Gasteiger partial charge in [0.2, 0.25) is 0 Å². The van der Waals surface area contributed by atoms with Crippen LogP contribution in [0.15, 0.2) is 11.8 Å². The Bertz CT molecular complexity index is 292. The molecule has 2 N–H and O–H groups in total. The first-order valence-electron chi connectivity index (χ1n) is 6.43. The summed E-state index contributed by atoms with van der Waals surface area (Å²) in [5.74, 6) is 0.193. The Morgan fingerprint density at radius 2 is 1.28 bits per heavy atom. The molecule has 0 aliphatic rings. The van der Waals surface area contributed by atoms with Crippen molar-refractivity contribution in [2.24, 2.45) is 5.73 Å². The molecule has 0 unspecified atom stereocenters. The Hall–Kier alpha value is -1.45. The van der Waals surface area contributed by atoms with Crippen LogP contribution in [0.1, 0.15) is 59.8 Å². The van der Waals surface area contributed by atoms with Crippen molar-refractivity contribution in [3.05, 3.63) is 11.8 Å². The molecule has 0 fully saturated rings. The second kappa shape index (κ2) is 12.0. The summed E-state index contributed by atoms with van der Waals surface area (Å²) >= 11 is 0. The molecule has 4 nitrogen and oxygen atoms in total. The molecule has 0 aromatic heterocycles. The lowest BCUT2D eigenvalue weighted by Crippen LogP contribution is -2.04. The van der Waals surface area contributed by atoms with Crippen molar-refractivity contribution in [1.29, 1.82) is 0 Å². The average Bonchev–Trinajstić information content (AvgIpc) is 2.38. The molecule has 0 bridgehead atoms. The molecule has 18 heavy (non-hydrogen) atoms. The Labute approximate surface area is 110 Å². The third-order valence-electron chi connectivity index (χ3n) is 2.29. The quantitative estimate of drug-likeness (QED) is 0.560. The number of allylic oxidation sites excluding steroid dienone is 2. The van der Waals surface area contributed by atoms with Crippen molar-refractivity contribution in [3.63, 3.8) is 0 Å². The van der Waals surface area contributed by atoms with E-state index in [0.717, 1.165) is 6.42 Å². The largest absolute Gasteiger partial charge is 0.402 e. The predicted octanol–water partition coefficient (Wildman–Crippen LogP) is 2.55. The Kier molecular flexibility index (Phi) is 12.6. The lowest BCUT2D eigenvalue weighted by atomic mass is 10.1. The zero-order valence-electron chi connectivity index (χ0n) is 11.9. The maximum atomic E-state index is 10.6. The van der Waals surface area contributed by atoms with E-state index in [0.29, 0.717) is 25.0 Å². The minimum atomic E-state index is 0.0434. The fourth-order valence-electron chi connectivity index (χ4n) is 0.881. The van der Waals surface area contributed by atoms with Gasteiger partial charge in [0.1, 0.15) is 11.6 Å². The summed E-state index contributed by atoms with van der Waals surface area (Å²) in [4.78, 5) is 31.7. The monoisotopic (exact) mass is 255 g/mol. The average molecular weight is 255 g/mol. The molecular formula is C14H25NO3. The number of rotatable bonds is 7. The molecular weight excluding hydrogens is 230 g/mol. The lowest BCUT2D eigenvalue weighted by molar-refractivity contribution is -0.126. The number of hydrogen-bond acceptors (Lipinski definition) is 4. The molecule has 0 saturated heterocycles. The molecule has 0 rings (SSSR count). The highest BCUT2D eigenvalue weighted by Gasteiger charge is 2.03. The van der Waals surface area contributed by atoms with Gasteiger partial charge in [0.15, 0.2) is 5.78 Å². The fraction of sp³-hybridized carbons (Fsp3) is 0.643. The Balaban J connectivity index is 0. The van der Waals surface area contributed by atoms with E-state index >= 15 is 0 Å². The maximum Gasteiger partial charge on any atom is 0.157 e. The highest BCUT2D eigenvalue weighted by molar-refractivity contribution is 5.98. The molecule has 0 heterocycles. The molecule has 0 saturated carbocycles.